The van der Waals surface area contributed by atoms with Crippen LogP contribution in [0.2, 0.25) is 0 Å². The van der Waals surface area contributed by atoms with Crippen LogP contribution >= 0.6 is 0 Å². The predicted molar refractivity (Wildman–Crippen MR) is 70.7 cm³/mol. The first-order valence-corrected chi connectivity index (χ1v) is 6.59. The van der Waals surface area contributed by atoms with Crippen LogP contribution in [0.1, 0.15) is 38.7 Å². The molecule has 2 heteroatoms. The van der Waals surface area contributed by atoms with Crippen LogP contribution in [0, 0.1) is 24.6 Å². The molecule has 17 heavy (non-hydrogen) atoms. The van der Waals surface area contributed by atoms with E-state index in [0.717, 1.165) is 17.2 Å². The Hall–Kier alpha value is -1.05. The van der Waals surface area contributed by atoms with Gasteiger partial charge < -0.3 is 5.32 Å². The van der Waals surface area contributed by atoms with Crippen molar-refractivity contribution in [3.8, 4) is 0 Å². The number of rotatable bonds is 2. The van der Waals surface area contributed by atoms with Gasteiger partial charge in [-0.15, -0.1) is 0 Å². The Bertz CT molecular complexity index is 389. The summed E-state index contributed by atoms with van der Waals surface area (Å²) in [6.45, 7) is 6.59. The smallest absolute Gasteiger partial charge is 0.123 e. The van der Waals surface area contributed by atoms with Crippen molar-refractivity contribution in [1.29, 1.82) is 0 Å². The van der Waals surface area contributed by atoms with Gasteiger partial charge in [-0.3, -0.25) is 0 Å². The fourth-order valence-electron chi connectivity index (χ4n) is 2.72. The molecule has 1 aliphatic carbocycles. The number of hydrogen-bond donors (Lipinski definition) is 1. The van der Waals surface area contributed by atoms with Gasteiger partial charge in [0.15, 0.2) is 0 Å². The summed E-state index contributed by atoms with van der Waals surface area (Å²) in [5.41, 5.74) is 2.08. The molecule has 0 radical (unpaired) electrons. The SMILES string of the molecule is Cc1cc(F)ccc1NC1CC(C)CCC1C. The number of benzene rings is 1. The van der Waals surface area contributed by atoms with Crippen LogP contribution in [0.15, 0.2) is 18.2 Å². The zero-order chi connectivity index (χ0) is 12.4. The lowest BCUT2D eigenvalue weighted by atomic mass is 9.80. The molecule has 1 nitrogen and oxygen atoms in total. The number of aryl methyl sites for hydroxylation is 1. The van der Waals surface area contributed by atoms with Crippen molar-refractivity contribution >= 4 is 5.69 Å². The highest BCUT2D eigenvalue weighted by Gasteiger charge is 2.25. The second-order valence-electron chi connectivity index (χ2n) is 5.61. The van der Waals surface area contributed by atoms with Crippen molar-refractivity contribution in [2.75, 3.05) is 5.32 Å². The quantitative estimate of drug-likeness (QED) is 0.802. The molecular formula is C15H22FN. The normalized spacial score (nSPS) is 29.1. The van der Waals surface area contributed by atoms with Gasteiger partial charge in [-0.1, -0.05) is 20.3 Å². The Morgan fingerprint density at radius 3 is 2.71 bits per heavy atom. The van der Waals surface area contributed by atoms with E-state index in [1.165, 1.54) is 25.3 Å². The van der Waals surface area contributed by atoms with E-state index in [2.05, 4.69) is 19.2 Å². The third kappa shape index (κ3) is 2.99. The highest BCUT2D eigenvalue weighted by Crippen LogP contribution is 2.31. The summed E-state index contributed by atoms with van der Waals surface area (Å²) in [6, 6.07) is 5.52. The summed E-state index contributed by atoms with van der Waals surface area (Å²) in [5.74, 6) is 1.35. The van der Waals surface area contributed by atoms with E-state index in [1.807, 2.05) is 13.0 Å². The molecule has 0 aliphatic heterocycles. The van der Waals surface area contributed by atoms with Crippen LogP contribution in [-0.4, -0.2) is 6.04 Å². The summed E-state index contributed by atoms with van der Waals surface area (Å²) in [4.78, 5) is 0. The molecule has 1 N–H and O–H groups in total. The van der Waals surface area contributed by atoms with Crippen LogP contribution in [-0.2, 0) is 0 Å². The Morgan fingerprint density at radius 2 is 2.00 bits per heavy atom. The maximum atomic E-state index is 13.0. The Labute approximate surface area is 103 Å². The molecule has 0 saturated heterocycles. The lowest BCUT2D eigenvalue weighted by Crippen LogP contribution is -2.33. The van der Waals surface area contributed by atoms with Crippen molar-refractivity contribution < 1.29 is 4.39 Å². The molecule has 2 rings (SSSR count). The molecular weight excluding hydrogens is 213 g/mol. The topological polar surface area (TPSA) is 12.0 Å². The average molecular weight is 235 g/mol. The van der Waals surface area contributed by atoms with E-state index in [-0.39, 0.29) is 5.82 Å². The fraction of sp³-hybridized carbons (Fsp3) is 0.600. The van der Waals surface area contributed by atoms with Gasteiger partial charge in [0.2, 0.25) is 0 Å². The summed E-state index contributed by atoms with van der Waals surface area (Å²) in [5, 5.41) is 3.59. The van der Waals surface area contributed by atoms with Crippen LogP contribution < -0.4 is 5.32 Å². The molecule has 3 unspecified atom stereocenters. The van der Waals surface area contributed by atoms with E-state index >= 15 is 0 Å². The first-order chi connectivity index (χ1) is 8.06. The molecule has 1 aliphatic rings. The molecule has 0 heterocycles. The van der Waals surface area contributed by atoms with E-state index in [1.54, 1.807) is 6.07 Å². The van der Waals surface area contributed by atoms with Crippen molar-refractivity contribution in [1.82, 2.24) is 0 Å². The minimum atomic E-state index is -0.155. The summed E-state index contributed by atoms with van der Waals surface area (Å²) in [6.07, 6.45) is 3.85. The van der Waals surface area contributed by atoms with Crippen molar-refractivity contribution in [2.24, 2.45) is 11.8 Å². The van der Waals surface area contributed by atoms with Crippen molar-refractivity contribution in [3.05, 3.63) is 29.6 Å². The molecule has 3 atom stereocenters. The lowest BCUT2D eigenvalue weighted by molar-refractivity contribution is 0.280. The lowest BCUT2D eigenvalue weighted by Gasteiger charge is -2.34. The van der Waals surface area contributed by atoms with Crippen LogP contribution in [0.4, 0.5) is 10.1 Å². The van der Waals surface area contributed by atoms with Gasteiger partial charge in [0.25, 0.3) is 0 Å². The average Bonchev–Trinajstić information content (AvgIpc) is 2.27. The predicted octanol–water partition coefficient (Wildman–Crippen LogP) is 4.37. The van der Waals surface area contributed by atoms with Crippen LogP contribution in [0.3, 0.4) is 0 Å². The van der Waals surface area contributed by atoms with E-state index in [9.17, 15) is 4.39 Å². The molecule has 94 valence electrons. The fourth-order valence-corrected chi connectivity index (χ4v) is 2.72. The first kappa shape index (κ1) is 12.4. The molecule has 0 aromatic heterocycles. The number of anilines is 1. The Morgan fingerprint density at radius 1 is 1.24 bits per heavy atom. The van der Waals surface area contributed by atoms with Gasteiger partial charge >= 0.3 is 0 Å². The largest absolute Gasteiger partial charge is 0.382 e. The van der Waals surface area contributed by atoms with Gasteiger partial charge in [-0.25, -0.2) is 4.39 Å². The molecule has 1 aromatic carbocycles. The third-order valence-corrected chi connectivity index (χ3v) is 3.99. The minimum Gasteiger partial charge on any atom is -0.382 e. The van der Waals surface area contributed by atoms with E-state index in [0.29, 0.717) is 12.0 Å². The Kier molecular flexibility index (Phi) is 3.70. The highest BCUT2D eigenvalue weighted by molar-refractivity contribution is 5.51. The molecule has 0 bridgehead atoms. The van der Waals surface area contributed by atoms with Gasteiger partial charge in [0.05, 0.1) is 0 Å². The molecule has 1 fully saturated rings. The second kappa shape index (κ2) is 5.07. The van der Waals surface area contributed by atoms with E-state index < -0.39 is 0 Å². The van der Waals surface area contributed by atoms with Gasteiger partial charge in [-0.2, -0.15) is 0 Å². The van der Waals surface area contributed by atoms with E-state index in [4.69, 9.17) is 0 Å². The number of halogens is 1. The van der Waals surface area contributed by atoms with Crippen LogP contribution in [0.25, 0.3) is 0 Å². The summed E-state index contributed by atoms with van der Waals surface area (Å²) < 4.78 is 13.0. The zero-order valence-corrected chi connectivity index (χ0v) is 11.0. The summed E-state index contributed by atoms with van der Waals surface area (Å²) in [7, 11) is 0. The number of hydrogen-bond acceptors (Lipinski definition) is 1. The first-order valence-electron chi connectivity index (χ1n) is 6.59. The van der Waals surface area contributed by atoms with Crippen molar-refractivity contribution in [2.45, 2.75) is 46.1 Å². The number of nitrogens with one attached hydrogen (secondary N) is 1. The molecule has 1 aromatic rings. The van der Waals surface area contributed by atoms with Gasteiger partial charge in [0.1, 0.15) is 5.82 Å². The standard InChI is InChI=1S/C15H22FN/c1-10-4-5-11(2)15(8-10)17-14-7-6-13(16)9-12(14)3/h6-7,9-11,15,17H,4-5,8H2,1-3H3. The maximum absolute atomic E-state index is 13.0. The van der Waals surface area contributed by atoms with Gasteiger partial charge in [0, 0.05) is 11.7 Å². The third-order valence-electron chi connectivity index (χ3n) is 3.99. The Balaban J connectivity index is 2.08. The maximum Gasteiger partial charge on any atom is 0.123 e. The second-order valence-corrected chi connectivity index (χ2v) is 5.61. The molecule has 1 saturated carbocycles. The molecule has 0 spiro atoms. The highest BCUT2D eigenvalue weighted by atomic mass is 19.1. The van der Waals surface area contributed by atoms with Gasteiger partial charge in [-0.05, 0) is 55.4 Å². The van der Waals surface area contributed by atoms with Crippen molar-refractivity contribution in [3.63, 3.8) is 0 Å². The van der Waals surface area contributed by atoms with Crippen LogP contribution in [0.5, 0.6) is 0 Å². The monoisotopic (exact) mass is 235 g/mol. The minimum absolute atomic E-state index is 0.155. The molecule has 0 amide bonds. The summed E-state index contributed by atoms with van der Waals surface area (Å²) >= 11 is 0. The zero-order valence-electron chi connectivity index (χ0n) is 11.0.